The zero-order valence-electron chi connectivity index (χ0n) is 7.74. The van der Waals surface area contributed by atoms with Crippen LogP contribution in [0.4, 0.5) is 0 Å². The molecule has 14 heavy (non-hydrogen) atoms. The summed E-state index contributed by atoms with van der Waals surface area (Å²) in [5, 5.41) is 2.50. The van der Waals surface area contributed by atoms with E-state index in [9.17, 15) is 14.4 Å². The molecule has 0 aliphatic heterocycles. The van der Waals surface area contributed by atoms with Gasteiger partial charge < -0.3 is 10.3 Å². The first-order valence-corrected chi connectivity index (χ1v) is 4.20. The van der Waals surface area contributed by atoms with Crippen LogP contribution in [-0.2, 0) is 11.3 Å². The molecule has 1 amide bonds. The number of nitrogens with one attached hydrogen (secondary N) is 2. The van der Waals surface area contributed by atoms with Crippen LogP contribution in [0.15, 0.2) is 21.9 Å². The topological polar surface area (TPSA) is 84.0 Å². The molecule has 6 nitrogen and oxygen atoms in total. The fraction of sp³-hybridized carbons (Fsp3) is 0.375. The second-order valence-corrected chi connectivity index (χ2v) is 2.66. The highest BCUT2D eigenvalue weighted by Gasteiger charge is 2.05. The number of nitrogens with zero attached hydrogens (tertiary/aromatic N) is 1. The summed E-state index contributed by atoms with van der Waals surface area (Å²) in [7, 11) is 0. The molecule has 0 saturated heterocycles. The van der Waals surface area contributed by atoms with Gasteiger partial charge in [-0.2, -0.15) is 0 Å². The molecule has 1 heterocycles. The average Bonchev–Trinajstić information content (AvgIpc) is 2.12. The Morgan fingerprint density at radius 3 is 2.86 bits per heavy atom. The standard InChI is InChI=1S/C8H11N3O3/c1-2-9-6(12)5-11-7(13)3-4-10-8(11)14/h3-4H,2,5H2,1H3,(H,9,12)(H,10,14). The van der Waals surface area contributed by atoms with E-state index in [1.807, 2.05) is 0 Å². The monoisotopic (exact) mass is 197 g/mol. The first-order valence-electron chi connectivity index (χ1n) is 4.20. The van der Waals surface area contributed by atoms with Crippen LogP contribution in [0, 0.1) is 0 Å². The number of aromatic nitrogens is 2. The van der Waals surface area contributed by atoms with Gasteiger partial charge in [-0.25, -0.2) is 4.79 Å². The molecule has 0 fully saturated rings. The minimum atomic E-state index is -0.580. The summed E-state index contributed by atoms with van der Waals surface area (Å²) in [4.78, 5) is 35.7. The summed E-state index contributed by atoms with van der Waals surface area (Å²) < 4.78 is 0.838. The molecule has 0 spiro atoms. The highest BCUT2D eigenvalue weighted by Crippen LogP contribution is 1.73. The average molecular weight is 197 g/mol. The third-order valence-electron chi connectivity index (χ3n) is 1.62. The SMILES string of the molecule is CCNC(=O)Cn1c(=O)cc[nH]c1=O. The Balaban J connectivity index is 2.92. The van der Waals surface area contributed by atoms with Gasteiger partial charge in [0.15, 0.2) is 0 Å². The molecule has 1 aromatic heterocycles. The summed E-state index contributed by atoms with van der Waals surface area (Å²) in [5.41, 5.74) is -1.07. The normalized spacial score (nSPS) is 9.79. The molecule has 0 saturated carbocycles. The van der Waals surface area contributed by atoms with Gasteiger partial charge in [0.05, 0.1) is 0 Å². The van der Waals surface area contributed by atoms with Gasteiger partial charge >= 0.3 is 5.69 Å². The van der Waals surface area contributed by atoms with E-state index in [4.69, 9.17) is 0 Å². The molecular weight excluding hydrogens is 186 g/mol. The number of carbonyl (C=O) groups excluding carboxylic acids is 1. The third-order valence-corrected chi connectivity index (χ3v) is 1.62. The lowest BCUT2D eigenvalue weighted by molar-refractivity contribution is -0.121. The van der Waals surface area contributed by atoms with E-state index in [1.165, 1.54) is 12.3 Å². The lowest BCUT2D eigenvalue weighted by atomic mass is 10.5. The second kappa shape index (κ2) is 4.40. The molecule has 1 aromatic rings. The van der Waals surface area contributed by atoms with Crippen LogP contribution in [-0.4, -0.2) is 22.0 Å². The Hall–Kier alpha value is -1.85. The highest BCUT2D eigenvalue weighted by molar-refractivity contribution is 5.75. The highest BCUT2D eigenvalue weighted by atomic mass is 16.2. The van der Waals surface area contributed by atoms with Gasteiger partial charge in [-0.1, -0.05) is 0 Å². The summed E-state index contributed by atoms with van der Waals surface area (Å²) >= 11 is 0. The van der Waals surface area contributed by atoms with Crippen LogP contribution < -0.4 is 16.6 Å². The van der Waals surface area contributed by atoms with Gasteiger partial charge in [0, 0.05) is 18.8 Å². The summed E-state index contributed by atoms with van der Waals surface area (Å²) in [6, 6.07) is 1.20. The van der Waals surface area contributed by atoms with Crippen molar-refractivity contribution in [3.63, 3.8) is 0 Å². The van der Waals surface area contributed by atoms with Gasteiger partial charge in [-0.3, -0.25) is 14.2 Å². The van der Waals surface area contributed by atoms with Crippen molar-refractivity contribution in [2.45, 2.75) is 13.5 Å². The van der Waals surface area contributed by atoms with Gasteiger partial charge in [-0.15, -0.1) is 0 Å². The van der Waals surface area contributed by atoms with E-state index in [1.54, 1.807) is 6.92 Å². The summed E-state index contributed by atoms with van der Waals surface area (Å²) in [6.07, 6.45) is 1.25. The Kier molecular flexibility index (Phi) is 3.22. The number of hydrogen-bond donors (Lipinski definition) is 2. The fourth-order valence-corrected chi connectivity index (χ4v) is 0.999. The third kappa shape index (κ3) is 2.32. The van der Waals surface area contributed by atoms with Gasteiger partial charge in [-0.05, 0) is 6.92 Å². The Morgan fingerprint density at radius 1 is 1.57 bits per heavy atom. The van der Waals surface area contributed by atoms with E-state index < -0.39 is 11.2 Å². The Bertz CT molecular complexity index is 404. The predicted octanol–water partition coefficient (Wildman–Crippen LogP) is -1.33. The lowest BCUT2D eigenvalue weighted by Gasteiger charge is -2.03. The van der Waals surface area contributed by atoms with Crippen LogP contribution in [0.2, 0.25) is 0 Å². The zero-order valence-corrected chi connectivity index (χ0v) is 7.74. The lowest BCUT2D eigenvalue weighted by Crippen LogP contribution is -2.39. The second-order valence-electron chi connectivity index (χ2n) is 2.66. The van der Waals surface area contributed by atoms with Crippen molar-refractivity contribution in [2.24, 2.45) is 0 Å². The molecule has 0 aliphatic rings. The molecule has 0 radical (unpaired) electrons. The van der Waals surface area contributed by atoms with Gasteiger partial charge in [0.1, 0.15) is 6.54 Å². The molecule has 0 aromatic carbocycles. The molecule has 2 N–H and O–H groups in total. The van der Waals surface area contributed by atoms with Crippen LogP contribution in [0.5, 0.6) is 0 Å². The smallest absolute Gasteiger partial charge is 0.328 e. The molecule has 0 aliphatic carbocycles. The molecule has 6 heteroatoms. The summed E-state index contributed by atoms with van der Waals surface area (Å²) in [5.74, 6) is -0.355. The number of amides is 1. The van der Waals surface area contributed by atoms with E-state index in [0.717, 1.165) is 4.57 Å². The zero-order chi connectivity index (χ0) is 10.6. The van der Waals surface area contributed by atoms with Crippen molar-refractivity contribution in [3.8, 4) is 0 Å². The summed E-state index contributed by atoms with van der Waals surface area (Å²) in [6.45, 7) is 1.98. The van der Waals surface area contributed by atoms with Crippen molar-refractivity contribution in [2.75, 3.05) is 6.54 Å². The van der Waals surface area contributed by atoms with Crippen LogP contribution >= 0.6 is 0 Å². The molecule has 0 atom stereocenters. The first kappa shape index (κ1) is 10.2. The minimum absolute atomic E-state index is 0.247. The van der Waals surface area contributed by atoms with E-state index in [-0.39, 0.29) is 12.5 Å². The van der Waals surface area contributed by atoms with Crippen LogP contribution in [0.1, 0.15) is 6.92 Å². The van der Waals surface area contributed by atoms with E-state index in [2.05, 4.69) is 10.3 Å². The van der Waals surface area contributed by atoms with Crippen molar-refractivity contribution >= 4 is 5.91 Å². The van der Waals surface area contributed by atoms with Crippen molar-refractivity contribution in [1.82, 2.24) is 14.9 Å². The Labute approximate surface area is 79.6 Å². The maximum Gasteiger partial charge on any atom is 0.328 e. The predicted molar refractivity (Wildman–Crippen MR) is 50.0 cm³/mol. The number of aromatic amines is 1. The van der Waals surface area contributed by atoms with Crippen molar-refractivity contribution in [3.05, 3.63) is 33.1 Å². The number of rotatable bonds is 3. The molecule has 0 unspecified atom stereocenters. The van der Waals surface area contributed by atoms with Crippen LogP contribution in [0.3, 0.4) is 0 Å². The molecule has 76 valence electrons. The number of hydrogen-bond acceptors (Lipinski definition) is 3. The minimum Gasteiger partial charge on any atom is -0.355 e. The van der Waals surface area contributed by atoms with Crippen LogP contribution in [0.25, 0.3) is 0 Å². The first-order chi connectivity index (χ1) is 6.65. The van der Waals surface area contributed by atoms with E-state index >= 15 is 0 Å². The van der Waals surface area contributed by atoms with Gasteiger partial charge in [0.2, 0.25) is 5.91 Å². The maximum atomic E-state index is 11.1. The van der Waals surface area contributed by atoms with Gasteiger partial charge in [0.25, 0.3) is 5.56 Å². The van der Waals surface area contributed by atoms with Crippen molar-refractivity contribution in [1.29, 1.82) is 0 Å². The Morgan fingerprint density at radius 2 is 2.29 bits per heavy atom. The number of carbonyl (C=O) groups is 1. The maximum absolute atomic E-state index is 11.1. The molecule has 1 rings (SSSR count). The van der Waals surface area contributed by atoms with Crippen molar-refractivity contribution < 1.29 is 4.79 Å². The number of likely N-dealkylation sites (N-methyl/N-ethyl adjacent to an activating group) is 1. The molecule has 0 bridgehead atoms. The quantitative estimate of drug-likeness (QED) is 0.629. The number of H-pyrrole nitrogens is 1. The fourth-order valence-electron chi connectivity index (χ4n) is 0.999. The van der Waals surface area contributed by atoms with E-state index in [0.29, 0.717) is 6.54 Å². The molecular formula is C8H11N3O3. The largest absolute Gasteiger partial charge is 0.355 e.